The Kier molecular flexibility index (Phi) is 7.18. The molecule has 1 aromatic carbocycles. The highest BCUT2D eigenvalue weighted by molar-refractivity contribution is 7.88. The van der Waals surface area contributed by atoms with Crippen molar-refractivity contribution in [3.05, 3.63) is 50.9 Å². The molecule has 162 valence electrons. The molecule has 7 nitrogen and oxygen atoms in total. The van der Waals surface area contributed by atoms with Gasteiger partial charge in [-0.2, -0.15) is 4.31 Å². The molecule has 0 aliphatic heterocycles. The summed E-state index contributed by atoms with van der Waals surface area (Å²) in [5.41, 5.74) is 1.89. The van der Waals surface area contributed by atoms with E-state index in [1.54, 1.807) is 24.3 Å². The fourth-order valence-corrected chi connectivity index (χ4v) is 5.62. The lowest BCUT2D eigenvalue weighted by Gasteiger charge is -2.20. The van der Waals surface area contributed by atoms with Crippen molar-refractivity contribution in [1.82, 2.24) is 4.31 Å². The molecule has 1 N–H and O–H groups in total. The molecule has 1 aliphatic carbocycles. The van der Waals surface area contributed by atoms with Crippen LogP contribution in [0, 0.1) is 0 Å². The molecule has 0 saturated carbocycles. The zero-order valence-corrected chi connectivity index (χ0v) is 19.1. The molecule has 0 atom stereocenters. The van der Waals surface area contributed by atoms with E-state index in [2.05, 4.69) is 5.32 Å². The van der Waals surface area contributed by atoms with E-state index in [0.717, 1.165) is 46.7 Å². The van der Waals surface area contributed by atoms with Crippen molar-refractivity contribution < 1.29 is 22.7 Å². The number of ether oxygens (including phenoxy) is 1. The lowest BCUT2D eigenvalue weighted by atomic mass is 9.95. The number of aryl methyl sites for hydroxylation is 1. The molecule has 1 heterocycles. The quantitative estimate of drug-likeness (QED) is 0.625. The monoisotopic (exact) mass is 470 g/mol. The second-order valence-electron chi connectivity index (χ2n) is 7.08. The van der Waals surface area contributed by atoms with Crippen molar-refractivity contribution in [2.45, 2.75) is 32.2 Å². The van der Waals surface area contributed by atoms with Crippen LogP contribution >= 0.6 is 22.9 Å². The number of halogens is 1. The number of thiophene rings is 1. The molecular weight excluding hydrogens is 448 g/mol. The van der Waals surface area contributed by atoms with E-state index in [9.17, 15) is 18.0 Å². The van der Waals surface area contributed by atoms with Gasteiger partial charge in [-0.3, -0.25) is 4.79 Å². The second-order valence-corrected chi connectivity index (χ2v) is 10.6. The standard InChI is InChI=1S/C20H23ClN2O5S2/c1-28-20(25)18-14-8-4-6-10-16(14)29-19(18)22-17(24)12-23(30(2,26)27)11-13-7-3-5-9-15(13)21/h3,5,7,9H,4,6,8,10-12H2,1-2H3,(H,22,24). The van der Waals surface area contributed by atoms with Crippen molar-refractivity contribution in [3.63, 3.8) is 0 Å². The predicted octanol–water partition coefficient (Wildman–Crippen LogP) is 3.47. The maximum atomic E-state index is 12.7. The van der Waals surface area contributed by atoms with Crippen LogP contribution in [0.2, 0.25) is 5.02 Å². The van der Waals surface area contributed by atoms with Crippen molar-refractivity contribution in [3.8, 4) is 0 Å². The number of fused-ring (bicyclic) bond motifs is 1. The zero-order valence-electron chi connectivity index (χ0n) is 16.7. The number of esters is 1. The first-order valence-corrected chi connectivity index (χ1v) is 12.5. The van der Waals surface area contributed by atoms with Gasteiger partial charge in [0.25, 0.3) is 0 Å². The number of nitrogens with one attached hydrogen (secondary N) is 1. The number of hydrogen-bond donors (Lipinski definition) is 1. The summed E-state index contributed by atoms with van der Waals surface area (Å²) in [6.07, 6.45) is 4.65. The summed E-state index contributed by atoms with van der Waals surface area (Å²) in [6, 6.07) is 6.87. The smallest absolute Gasteiger partial charge is 0.341 e. The van der Waals surface area contributed by atoms with Crippen LogP contribution in [0.5, 0.6) is 0 Å². The van der Waals surface area contributed by atoms with E-state index in [0.29, 0.717) is 21.2 Å². The number of anilines is 1. The van der Waals surface area contributed by atoms with Crippen LogP contribution in [-0.2, 0) is 38.9 Å². The highest BCUT2D eigenvalue weighted by Gasteiger charge is 2.28. The summed E-state index contributed by atoms with van der Waals surface area (Å²) in [4.78, 5) is 26.1. The second kappa shape index (κ2) is 9.47. The molecule has 1 aromatic heterocycles. The Morgan fingerprint density at radius 1 is 1.23 bits per heavy atom. The van der Waals surface area contributed by atoms with E-state index in [1.807, 2.05) is 0 Å². The number of nitrogens with zero attached hydrogens (tertiary/aromatic N) is 1. The number of amides is 1. The minimum atomic E-state index is -3.67. The van der Waals surface area contributed by atoms with Gasteiger partial charge in [-0.1, -0.05) is 29.8 Å². The van der Waals surface area contributed by atoms with Crippen LogP contribution in [0.1, 0.15) is 39.2 Å². The summed E-state index contributed by atoms with van der Waals surface area (Å²) in [5.74, 6) is -1.03. The number of carbonyl (C=O) groups excluding carboxylic acids is 2. The van der Waals surface area contributed by atoms with Gasteiger partial charge in [-0.05, 0) is 42.9 Å². The van der Waals surface area contributed by atoms with Gasteiger partial charge in [0.2, 0.25) is 15.9 Å². The van der Waals surface area contributed by atoms with E-state index in [1.165, 1.54) is 18.4 Å². The zero-order chi connectivity index (χ0) is 21.9. The average molecular weight is 471 g/mol. The summed E-state index contributed by atoms with van der Waals surface area (Å²) in [6.45, 7) is -0.427. The van der Waals surface area contributed by atoms with Crippen molar-refractivity contribution >= 4 is 49.8 Å². The SMILES string of the molecule is COC(=O)c1c(NC(=O)CN(Cc2ccccc2Cl)S(C)(=O)=O)sc2c1CCCC2. The molecule has 0 unspecified atom stereocenters. The molecule has 0 fully saturated rings. The van der Waals surface area contributed by atoms with Crippen LogP contribution in [0.25, 0.3) is 0 Å². The highest BCUT2D eigenvalue weighted by atomic mass is 35.5. The molecule has 30 heavy (non-hydrogen) atoms. The van der Waals surface area contributed by atoms with Crippen LogP contribution in [-0.4, -0.2) is 44.5 Å². The number of carbonyl (C=O) groups is 2. The number of methoxy groups -OCH3 is 1. The fourth-order valence-electron chi connectivity index (χ4n) is 3.41. The van der Waals surface area contributed by atoms with Gasteiger partial charge in [0.05, 0.1) is 25.5 Å². The normalized spacial score (nSPS) is 13.7. The van der Waals surface area contributed by atoms with Gasteiger partial charge < -0.3 is 10.1 Å². The molecule has 0 spiro atoms. The van der Waals surface area contributed by atoms with Gasteiger partial charge in [0.15, 0.2) is 0 Å². The molecule has 1 amide bonds. The maximum absolute atomic E-state index is 12.7. The summed E-state index contributed by atoms with van der Waals surface area (Å²) >= 11 is 7.50. The lowest BCUT2D eigenvalue weighted by molar-refractivity contribution is -0.116. The van der Waals surface area contributed by atoms with Gasteiger partial charge in [-0.15, -0.1) is 11.3 Å². The average Bonchev–Trinajstić information content (AvgIpc) is 3.05. The summed E-state index contributed by atoms with van der Waals surface area (Å²) < 4.78 is 30.5. The van der Waals surface area contributed by atoms with Crippen LogP contribution in [0.4, 0.5) is 5.00 Å². The molecule has 10 heteroatoms. The molecule has 1 aliphatic rings. The number of rotatable bonds is 7. The van der Waals surface area contributed by atoms with Gasteiger partial charge in [0, 0.05) is 16.4 Å². The Morgan fingerprint density at radius 2 is 1.93 bits per heavy atom. The van der Waals surface area contributed by atoms with Crippen molar-refractivity contribution in [1.29, 1.82) is 0 Å². The summed E-state index contributed by atoms with van der Waals surface area (Å²) in [5, 5.41) is 3.55. The van der Waals surface area contributed by atoms with Gasteiger partial charge in [-0.25, -0.2) is 13.2 Å². The Balaban J connectivity index is 1.82. The lowest BCUT2D eigenvalue weighted by Crippen LogP contribution is -2.37. The van der Waals surface area contributed by atoms with E-state index < -0.39 is 28.4 Å². The van der Waals surface area contributed by atoms with Crippen molar-refractivity contribution in [2.24, 2.45) is 0 Å². The molecule has 0 saturated heterocycles. The third-order valence-corrected chi connectivity index (χ3v) is 7.68. The molecule has 2 aromatic rings. The van der Waals surface area contributed by atoms with Crippen LogP contribution in [0.3, 0.4) is 0 Å². The Hall–Kier alpha value is -1.94. The van der Waals surface area contributed by atoms with Crippen molar-refractivity contribution in [2.75, 3.05) is 25.2 Å². The maximum Gasteiger partial charge on any atom is 0.341 e. The topological polar surface area (TPSA) is 92.8 Å². The van der Waals surface area contributed by atoms with Crippen LogP contribution < -0.4 is 5.32 Å². The third kappa shape index (κ3) is 5.21. The Morgan fingerprint density at radius 3 is 2.60 bits per heavy atom. The van der Waals surface area contributed by atoms with E-state index in [-0.39, 0.29) is 6.54 Å². The van der Waals surface area contributed by atoms with E-state index in [4.69, 9.17) is 16.3 Å². The fraction of sp³-hybridized carbons (Fsp3) is 0.400. The number of benzene rings is 1. The number of sulfonamides is 1. The molecule has 3 rings (SSSR count). The largest absolute Gasteiger partial charge is 0.465 e. The minimum absolute atomic E-state index is 0.0310. The number of hydrogen-bond acceptors (Lipinski definition) is 6. The van der Waals surface area contributed by atoms with E-state index >= 15 is 0 Å². The third-order valence-electron chi connectivity index (χ3n) is 4.91. The Bertz CT molecular complexity index is 1070. The first-order valence-electron chi connectivity index (χ1n) is 9.42. The Labute approximate surface area is 185 Å². The predicted molar refractivity (Wildman–Crippen MR) is 118 cm³/mol. The van der Waals surface area contributed by atoms with Crippen LogP contribution in [0.15, 0.2) is 24.3 Å². The molecule has 0 radical (unpaired) electrons. The first-order chi connectivity index (χ1) is 14.2. The van der Waals surface area contributed by atoms with Gasteiger partial charge in [0.1, 0.15) is 5.00 Å². The molecular formula is C20H23ClN2O5S2. The highest BCUT2D eigenvalue weighted by Crippen LogP contribution is 2.38. The molecule has 0 bridgehead atoms. The first kappa shape index (κ1) is 22.7. The van der Waals surface area contributed by atoms with Gasteiger partial charge >= 0.3 is 5.97 Å². The summed E-state index contributed by atoms with van der Waals surface area (Å²) in [7, 11) is -2.37. The minimum Gasteiger partial charge on any atom is -0.465 e.